The maximum Gasteiger partial charge on any atom is 0.260 e. The van der Waals surface area contributed by atoms with Gasteiger partial charge in [0.05, 0.1) is 19.8 Å². The van der Waals surface area contributed by atoms with Crippen molar-refractivity contribution < 1.29 is 23.9 Å². The normalized spacial score (nSPS) is 18.0. The Morgan fingerprint density at radius 3 is 2.32 bits per heavy atom. The molecule has 1 aromatic rings. The number of hydrogen-bond donors (Lipinski definition) is 0. The maximum absolute atomic E-state index is 12.4. The summed E-state index contributed by atoms with van der Waals surface area (Å²) >= 11 is 0. The molecule has 2 amide bonds. The first-order valence-electron chi connectivity index (χ1n) is 9.62. The Balaban J connectivity index is 1.40. The van der Waals surface area contributed by atoms with Crippen LogP contribution in [0.2, 0.25) is 0 Å². The van der Waals surface area contributed by atoms with E-state index in [-0.39, 0.29) is 24.2 Å². The molecule has 2 aliphatic rings. The number of Topliss-reactive ketones (excluding diaryl/α,β-unsaturated/α-hetero) is 1. The summed E-state index contributed by atoms with van der Waals surface area (Å²) in [6.45, 7) is 6.81. The van der Waals surface area contributed by atoms with Crippen molar-refractivity contribution in [2.45, 2.75) is 6.92 Å². The highest BCUT2D eigenvalue weighted by Gasteiger charge is 2.25. The Labute approximate surface area is 165 Å². The molecule has 0 bridgehead atoms. The number of ketones is 1. The van der Waals surface area contributed by atoms with Crippen molar-refractivity contribution in [3.8, 4) is 5.75 Å². The topological polar surface area (TPSA) is 79.4 Å². The Bertz CT molecular complexity index is 710. The number of nitrogens with zero attached hydrogens (tertiary/aromatic N) is 3. The standard InChI is InChI=1S/C20H27N3O5/c1-16(24)17-3-2-4-18(13-17)28-15-20(26)22-7-5-21(6-8-22)14-19(25)23-9-11-27-12-10-23/h2-4,13H,5-12,14-15H2,1H3. The van der Waals surface area contributed by atoms with Gasteiger partial charge in [-0.05, 0) is 19.1 Å². The quantitative estimate of drug-likeness (QED) is 0.650. The monoisotopic (exact) mass is 389 g/mol. The van der Waals surface area contributed by atoms with Crippen LogP contribution in [0.3, 0.4) is 0 Å². The summed E-state index contributed by atoms with van der Waals surface area (Å²) in [4.78, 5) is 41.8. The molecule has 0 aliphatic carbocycles. The lowest BCUT2D eigenvalue weighted by Gasteiger charge is -2.36. The number of benzene rings is 1. The van der Waals surface area contributed by atoms with Gasteiger partial charge in [-0.2, -0.15) is 0 Å². The number of rotatable bonds is 6. The zero-order valence-corrected chi connectivity index (χ0v) is 16.3. The molecule has 2 heterocycles. The van der Waals surface area contributed by atoms with Gasteiger partial charge in [0, 0.05) is 44.8 Å². The van der Waals surface area contributed by atoms with Crippen LogP contribution in [-0.2, 0) is 14.3 Å². The van der Waals surface area contributed by atoms with Crippen LogP contribution in [0, 0.1) is 0 Å². The van der Waals surface area contributed by atoms with E-state index in [2.05, 4.69) is 4.90 Å². The maximum atomic E-state index is 12.4. The summed E-state index contributed by atoms with van der Waals surface area (Å²) in [7, 11) is 0. The van der Waals surface area contributed by atoms with Gasteiger partial charge < -0.3 is 19.3 Å². The molecule has 2 fully saturated rings. The first kappa shape index (κ1) is 20.3. The molecule has 0 atom stereocenters. The van der Waals surface area contributed by atoms with E-state index in [0.29, 0.717) is 70.3 Å². The third-order valence-corrected chi connectivity index (χ3v) is 5.05. The van der Waals surface area contributed by atoms with E-state index >= 15 is 0 Å². The minimum atomic E-state index is -0.0904. The van der Waals surface area contributed by atoms with Crippen molar-refractivity contribution in [1.29, 1.82) is 0 Å². The van der Waals surface area contributed by atoms with E-state index in [1.807, 2.05) is 4.90 Å². The molecule has 8 heteroatoms. The summed E-state index contributed by atoms with van der Waals surface area (Å²) in [6.07, 6.45) is 0. The highest BCUT2D eigenvalue weighted by Crippen LogP contribution is 2.14. The molecule has 3 rings (SSSR count). The second-order valence-corrected chi connectivity index (χ2v) is 7.02. The molecule has 152 valence electrons. The molecule has 0 saturated carbocycles. The first-order chi connectivity index (χ1) is 13.5. The molecule has 0 N–H and O–H groups in total. The fourth-order valence-corrected chi connectivity index (χ4v) is 3.30. The van der Waals surface area contributed by atoms with Gasteiger partial charge in [0.2, 0.25) is 5.91 Å². The number of morpholine rings is 1. The van der Waals surface area contributed by atoms with Gasteiger partial charge in [-0.15, -0.1) is 0 Å². The number of hydrogen-bond acceptors (Lipinski definition) is 6. The molecule has 0 radical (unpaired) electrons. The largest absolute Gasteiger partial charge is 0.484 e. The molecule has 2 aliphatic heterocycles. The fourth-order valence-electron chi connectivity index (χ4n) is 3.30. The van der Waals surface area contributed by atoms with Crippen LogP contribution in [-0.4, -0.2) is 97.9 Å². The summed E-state index contributed by atoms with van der Waals surface area (Å²) < 4.78 is 10.8. The molecule has 8 nitrogen and oxygen atoms in total. The first-order valence-corrected chi connectivity index (χ1v) is 9.62. The second kappa shape index (κ2) is 9.66. The van der Waals surface area contributed by atoms with Crippen LogP contribution >= 0.6 is 0 Å². The minimum absolute atomic E-state index is 0.0421. The number of carbonyl (C=O) groups is 3. The lowest BCUT2D eigenvalue weighted by atomic mass is 10.1. The van der Waals surface area contributed by atoms with Crippen LogP contribution in [0.1, 0.15) is 17.3 Å². The van der Waals surface area contributed by atoms with Gasteiger partial charge in [-0.25, -0.2) is 0 Å². The highest BCUT2D eigenvalue weighted by molar-refractivity contribution is 5.94. The smallest absolute Gasteiger partial charge is 0.260 e. The average molecular weight is 389 g/mol. The van der Waals surface area contributed by atoms with Crippen LogP contribution in [0.5, 0.6) is 5.75 Å². The second-order valence-electron chi connectivity index (χ2n) is 7.02. The van der Waals surface area contributed by atoms with Crippen LogP contribution in [0.15, 0.2) is 24.3 Å². The predicted octanol–water partition coefficient (Wildman–Crippen LogP) is 0.271. The van der Waals surface area contributed by atoms with E-state index in [1.165, 1.54) is 6.92 Å². The van der Waals surface area contributed by atoms with Crippen LogP contribution < -0.4 is 4.74 Å². The molecule has 2 saturated heterocycles. The van der Waals surface area contributed by atoms with E-state index in [9.17, 15) is 14.4 Å². The van der Waals surface area contributed by atoms with Crippen molar-refractivity contribution in [3.63, 3.8) is 0 Å². The zero-order chi connectivity index (χ0) is 19.9. The molecule has 0 unspecified atom stereocenters. The van der Waals surface area contributed by atoms with Crippen LogP contribution in [0.25, 0.3) is 0 Å². The lowest BCUT2D eigenvalue weighted by Crippen LogP contribution is -2.53. The van der Waals surface area contributed by atoms with Gasteiger partial charge in [-0.3, -0.25) is 19.3 Å². The highest BCUT2D eigenvalue weighted by atomic mass is 16.5. The summed E-state index contributed by atoms with van der Waals surface area (Å²) in [6, 6.07) is 6.83. The van der Waals surface area contributed by atoms with Gasteiger partial charge in [0.25, 0.3) is 5.91 Å². The molecule has 0 aromatic heterocycles. The van der Waals surface area contributed by atoms with Crippen LogP contribution in [0.4, 0.5) is 0 Å². The number of ether oxygens (including phenoxy) is 2. The van der Waals surface area contributed by atoms with Gasteiger partial charge in [-0.1, -0.05) is 12.1 Å². The van der Waals surface area contributed by atoms with E-state index < -0.39 is 0 Å². The molecular formula is C20H27N3O5. The van der Waals surface area contributed by atoms with E-state index in [4.69, 9.17) is 9.47 Å². The number of piperazine rings is 1. The third kappa shape index (κ3) is 5.53. The van der Waals surface area contributed by atoms with Gasteiger partial charge in [0.1, 0.15) is 5.75 Å². The SMILES string of the molecule is CC(=O)c1cccc(OCC(=O)N2CCN(CC(=O)N3CCOCC3)CC2)c1. The summed E-state index contributed by atoms with van der Waals surface area (Å²) in [5, 5.41) is 0. The minimum Gasteiger partial charge on any atom is -0.484 e. The Morgan fingerprint density at radius 1 is 0.964 bits per heavy atom. The van der Waals surface area contributed by atoms with Crippen molar-refractivity contribution in [3.05, 3.63) is 29.8 Å². The lowest BCUT2D eigenvalue weighted by molar-refractivity contribution is -0.138. The molecule has 0 spiro atoms. The molecule has 28 heavy (non-hydrogen) atoms. The Morgan fingerprint density at radius 2 is 1.64 bits per heavy atom. The summed E-state index contributed by atoms with van der Waals surface area (Å²) in [5.41, 5.74) is 0.559. The van der Waals surface area contributed by atoms with Crippen molar-refractivity contribution in [2.75, 3.05) is 65.6 Å². The average Bonchev–Trinajstić information content (AvgIpc) is 2.73. The number of carbonyl (C=O) groups excluding carboxylic acids is 3. The van der Waals surface area contributed by atoms with Crippen molar-refractivity contribution in [1.82, 2.24) is 14.7 Å². The van der Waals surface area contributed by atoms with Gasteiger partial charge >= 0.3 is 0 Å². The predicted molar refractivity (Wildman–Crippen MR) is 102 cm³/mol. The molecular weight excluding hydrogens is 362 g/mol. The Hall–Kier alpha value is -2.45. The van der Waals surface area contributed by atoms with Crippen molar-refractivity contribution in [2.24, 2.45) is 0 Å². The van der Waals surface area contributed by atoms with Gasteiger partial charge in [0.15, 0.2) is 12.4 Å². The van der Waals surface area contributed by atoms with E-state index in [0.717, 1.165) is 0 Å². The zero-order valence-electron chi connectivity index (χ0n) is 16.3. The van der Waals surface area contributed by atoms with E-state index in [1.54, 1.807) is 29.2 Å². The number of amides is 2. The Kier molecular flexibility index (Phi) is 7.00. The molecule has 1 aromatic carbocycles. The summed E-state index contributed by atoms with van der Waals surface area (Å²) in [5.74, 6) is 0.500. The van der Waals surface area contributed by atoms with Crippen molar-refractivity contribution >= 4 is 17.6 Å². The fraction of sp³-hybridized carbons (Fsp3) is 0.550. The third-order valence-electron chi connectivity index (χ3n) is 5.05.